The number of furan rings is 1. The van der Waals surface area contributed by atoms with Crippen LogP contribution in [0.4, 0.5) is 11.5 Å². The minimum atomic E-state index is 0.527. The van der Waals surface area contributed by atoms with Crippen molar-refractivity contribution in [1.82, 2.24) is 4.98 Å². The second-order valence-electron chi connectivity index (χ2n) is 3.36. The first kappa shape index (κ1) is 10.8. The van der Waals surface area contributed by atoms with Crippen LogP contribution in [0, 0.1) is 0 Å². The highest BCUT2D eigenvalue weighted by Crippen LogP contribution is 2.20. The molecular formula is C11H12ClN3O. The molecule has 0 unspecified atom stereocenters. The van der Waals surface area contributed by atoms with Gasteiger partial charge in [-0.25, -0.2) is 4.98 Å². The molecule has 2 aromatic rings. The van der Waals surface area contributed by atoms with E-state index in [0.717, 1.165) is 12.2 Å². The largest absolute Gasteiger partial charge is 0.469 e. The van der Waals surface area contributed by atoms with Gasteiger partial charge in [0.05, 0.1) is 23.2 Å². The minimum Gasteiger partial charge on any atom is -0.469 e. The Labute approximate surface area is 98.4 Å². The number of nitrogen functional groups attached to an aromatic ring is 1. The van der Waals surface area contributed by atoms with E-state index in [1.165, 1.54) is 0 Å². The van der Waals surface area contributed by atoms with E-state index in [4.69, 9.17) is 21.8 Å². The standard InChI is InChI=1S/C11H12ClN3O/c12-10-6-8(13)7-15-11(10)14-4-3-9-2-1-5-16-9/h1-2,5-7H,3-4,13H2,(H,14,15). The predicted molar refractivity (Wildman–Crippen MR) is 64.6 cm³/mol. The molecule has 0 fully saturated rings. The molecule has 0 aliphatic carbocycles. The summed E-state index contributed by atoms with van der Waals surface area (Å²) in [6.45, 7) is 0.712. The van der Waals surface area contributed by atoms with Gasteiger partial charge in [-0.2, -0.15) is 0 Å². The zero-order valence-electron chi connectivity index (χ0n) is 8.61. The maximum atomic E-state index is 5.96. The van der Waals surface area contributed by atoms with Crippen LogP contribution in [0.25, 0.3) is 0 Å². The quantitative estimate of drug-likeness (QED) is 0.858. The van der Waals surface area contributed by atoms with Crippen LogP contribution in [0.3, 0.4) is 0 Å². The zero-order valence-corrected chi connectivity index (χ0v) is 9.37. The number of hydrogen-bond acceptors (Lipinski definition) is 4. The molecule has 0 aromatic carbocycles. The highest BCUT2D eigenvalue weighted by atomic mass is 35.5. The van der Waals surface area contributed by atoms with E-state index in [2.05, 4.69) is 10.3 Å². The zero-order chi connectivity index (χ0) is 11.4. The third-order valence-corrected chi connectivity index (χ3v) is 2.39. The van der Waals surface area contributed by atoms with Gasteiger partial charge in [0.1, 0.15) is 11.6 Å². The van der Waals surface area contributed by atoms with E-state index in [9.17, 15) is 0 Å². The highest BCUT2D eigenvalue weighted by Gasteiger charge is 2.02. The lowest BCUT2D eigenvalue weighted by molar-refractivity contribution is 0.513. The minimum absolute atomic E-state index is 0.527. The van der Waals surface area contributed by atoms with Crippen LogP contribution < -0.4 is 11.1 Å². The Hall–Kier alpha value is -1.68. The van der Waals surface area contributed by atoms with Crippen LogP contribution in [0.5, 0.6) is 0 Å². The molecule has 0 atom stereocenters. The van der Waals surface area contributed by atoms with Crippen molar-refractivity contribution >= 4 is 23.1 Å². The van der Waals surface area contributed by atoms with E-state index >= 15 is 0 Å². The summed E-state index contributed by atoms with van der Waals surface area (Å²) >= 11 is 5.96. The maximum absolute atomic E-state index is 5.96. The van der Waals surface area contributed by atoms with Gasteiger partial charge in [0.2, 0.25) is 0 Å². The fourth-order valence-corrected chi connectivity index (χ4v) is 1.58. The van der Waals surface area contributed by atoms with Crippen molar-refractivity contribution in [1.29, 1.82) is 0 Å². The number of nitrogens with one attached hydrogen (secondary N) is 1. The van der Waals surface area contributed by atoms with Crippen molar-refractivity contribution in [3.63, 3.8) is 0 Å². The van der Waals surface area contributed by atoms with Gasteiger partial charge in [0.25, 0.3) is 0 Å². The first-order chi connectivity index (χ1) is 7.75. The second kappa shape index (κ2) is 4.90. The number of hydrogen-bond donors (Lipinski definition) is 2. The lowest BCUT2D eigenvalue weighted by Gasteiger charge is -2.06. The van der Waals surface area contributed by atoms with Gasteiger partial charge in [-0.3, -0.25) is 0 Å². The van der Waals surface area contributed by atoms with Crippen LogP contribution >= 0.6 is 11.6 Å². The Balaban J connectivity index is 1.90. The van der Waals surface area contributed by atoms with Gasteiger partial charge in [0, 0.05) is 13.0 Å². The number of pyridine rings is 1. The summed E-state index contributed by atoms with van der Waals surface area (Å²) in [4.78, 5) is 4.10. The SMILES string of the molecule is Nc1cnc(NCCc2ccco2)c(Cl)c1. The van der Waals surface area contributed by atoms with E-state index < -0.39 is 0 Å². The number of halogens is 1. The summed E-state index contributed by atoms with van der Waals surface area (Å²) in [7, 11) is 0. The summed E-state index contributed by atoms with van der Waals surface area (Å²) in [5.41, 5.74) is 6.10. The molecule has 4 nitrogen and oxygen atoms in total. The molecule has 0 aliphatic heterocycles. The third kappa shape index (κ3) is 2.67. The lowest BCUT2D eigenvalue weighted by Crippen LogP contribution is -2.06. The van der Waals surface area contributed by atoms with Crippen molar-refractivity contribution in [2.45, 2.75) is 6.42 Å². The molecule has 0 saturated heterocycles. The summed E-state index contributed by atoms with van der Waals surface area (Å²) in [6, 6.07) is 5.47. The van der Waals surface area contributed by atoms with Crippen molar-refractivity contribution in [3.8, 4) is 0 Å². The van der Waals surface area contributed by atoms with Gasteiger partial charge in [-0.15, -0.1) is 0 Å². The van der Waals surface area contributed by atoms with Crippen molar-refractivity contribution in [2.24, 2.45) is 0 Å². The molecule has 2 heterocycles. The average molecular weight is 238 g/mol. The first-order valence-corrected chi connectivity index (χ1v) is 5.31. The molecule has 0 aliphatic rings. The molecule has 0 saturated carbocycles. The lowest BCUT2D eigenvalue weighted by atomic mass is 10.3. The smallest absolute Gasteiger partial charge is 0.144 e. The van der Waals surface area contributed by atoms with Gasteiger partial charge in [-0.05, 0) is 18.2 Å². The molecule has 0 radical (unpaired) electrons. The topological polar surface area (TPSA) is 64.1 Å². The highest BCUT2D eigenvalue weighted by molar-refractivity contribution is 6.33. The molecule has 16 heavy (non-hydrogen) atoms. The Morgan fingerprint density at radius 1 is 1.50 bits per heavy atom. The molecule has 2 rings (SSSR count). The van der Waals surface area contributed by atoms with Crippen LogP contribution in [0.15, 0.2) is 35.1 Å². The normalized spacial score (nSPS) is 10.3. The van der Waals surface area contributed by atoms with Crippen molar-refractivity contribution in [2.75, 3.05) is 17.6 Å². The molecule has 5 heteroatoms. The summed E-state index contributed by atoms with van der Waals surface area (Å²) in [6.07, 6.45) is 4.01. The molecule has 2 aromatic heterocycles. The number of nitrogens with two attached hydrogens (primary N) is 1. The second-order valence-corrected chi connectivity index (χ2v) is 3.76. The van der Waals surface area contributed by atoms with Crippen molar-refractivity contribution in [3.05, 3.63) is 41.4 Å². The van der Waals surface area contributed by atoms with Gasteiger partial charge in [0.15, 0.2) is 0 Å². The predicted octanol–water partition coefficient (Wildman–Crippen LogP) is 2.56. The molecule has 84 valence electrons. The van der Waals surface area contributed by atoms with Crippen LogP contribution in [0.2, 0.25) is 5.02 Å². The summed E-state index contributed by atoms with van der Waals surface area (Å²) in [5, 5.41) is 3.65. The van der Waals surface area contributed by atoms with Crippen LogP contribution in [0.1, 0.15) is 5.76 Å². The number of anilines is 2. The molecule has 0 bridgehead atoms. The van der Waals surface area contributed by atoms with Crippen LogP contribution in [-0.2, 0) is 6.42 Å². The van der Waals surface area contributed by atoms with Gasteiger partial charge < -0.3 is 15.5 Å². The molecular weight excluding hydrogens is 226 g/mol. The monoisotopic (exact) mass is 237 g/mol. The Kier molecular flexibility index (Phi) is 3.31. The molecule has 3 N–H and O–H groups in total. The van der Waals surface area contributed by atoms with E-state index in [0.29, 0.717) is 23.1 Å². The third-order valence-electron chi connectivity index (χ3n) is 2.11. The van der Waals surface area contributed by atoms with Crippen LogP contribution in [-0.4, -0.2) is 11.5 Å². The van der Waals surface area contributed by atoms with Crippen molar-refractivity contribution < 1.29 is 4.42 Å². The molecule has 0 spiro atoms. The summed E-state index contributed by atoms with van der Waals surface area (Å²) < 4.78 is 5.21. The summed E-state index contributed by atoms with van der Waals surface area (Å²) in [5.74, 6) is 1.57. The van der Waals surface area contributed by atoms with Gasteiger partial charge >= 0.3 is 0 Å². The Morgan fingerprint density at radius 3 is 3.06 bits per heavy atom. The molecule has 0 amide bonds. The maximum Gasteiger partial charge on any atom is 0.144 e. The van der Waals surface area contributed by atoms with E-state index in [-0.39, 0.29) is 0 Å². The fraction of sp³-hybridized carbons (Fsp3) is 0.182. The number of aromatic nitrogens is 1. The fourth-order valence-electron chi connectivity index (χ4n) is 1.34. The first-order valence-electron chi connectivity index (χ1n) is 4.93. The van der Waals surface area contributed by atoms with E-state index in [1.54, 1.807) is 18.5 Å². The average Bonchev–Trinajstić information content (AvgIpc) is 2.74. The Bertz CT molecular complexity index is 456. The van der Waals surface area contributed by atoms with E-state index in [1.807, 2.05) is 12.1 Å². The Morgan fingerprint density at radius 2 is 2.38 bits per heavy atom. The number of rotatable bonds is 4. The number of nitrogens with zero attached hydrogens (tertiary/aromatic N) is 1. The van der Waals surface area contributed by atoms with Gasteiger partial charge in [-0.1, -0.05) is 11.6 Å².